The second-order valence-electron chi connectivity index (χ2n) is 5.92. The van der Waals surface area contributed by atoms with Crippen molar-refractivity contribution in [1.29, 1.82) is 0 Å². The largest absolute Gasteiger partial charge is 0.332 e. The van der Waals surface area contributed by atoms with Gasteiger partial charge >= 0.3 is 0 Å². The van der Waals surface area contributed by atoms with E-state index in [0.717, 1.165) is 18.4 Å². The minimum atomic E-state index is -3.64. The van der Waals surface area contributed by atoms with Gasteiger partial charge in [-0.1, -0.05) is 41.9 Å². The summed E-state index contributed by atoms with van der Waals surface area (Å²) >= 11 is 6.19. The molecule has 132 valence electrons. The Morgan fingerprint density at radius 2 is 1.92 bits per heavy atom. The number of nitrogens with one attached hydrogen (secondary N) is 1. The van der Waals surface area contributed by atoms with Gasteiger partial charge in [-0.05, 0) is 43.7 Å². The SMILES string of the molecule is CNS(=O)(=O)c1ccc(Cl)c(C(=O)N2CCCC2c2ccccc2)c1. The molecule has 3 rings (SSSR count). The molecule has 1 aliphatic heterocycles. The van der Waals surface area contributed by atoms with E-state index in [-0.39, 0.29) is 27.4 Å². The lowest BCUT2D eigenvalue weighted by atomic mass is 10.0. The number of benzene rings is 2. The lowest BCUT2D eigenvalue weighted by Gasteiger charge is -2.25. The van der Waals surface area contributed by atoms with Crippen molar-refractivity contribution in [2.75, 3.05) is 13.6 Å². The van der Waals surface area contributed by atoms with Crippen molar-refractivity contribution in [2.24, 2.45) is 0 Å². The maximum Gasteiger partial charge on any atom is 0.255 e. The predicted octanol–water partition coefficient (Wildman–Crippen LogP) is 3.23. The molecule has 1 atom stereocenters. The molecule has 2 aromatic rings. The zero-order valence-corrected chi connectivity index (χ0v) is 15.3. The fraction of sp³-hybridized carbons (Fsp3) is 0.278. The summed E-state index contributed by atoms with van der Waals surface area (Å²) in [4.78, 5) is 14.8. The Bertz CT molecular complexity index is 884. The van der Waals surface area contributed by atoms with Gasteiger partial charge in [-0.15, -0.1) is 0 Å². The maximum atomic E-state index is 13.0. The third kappa shape index (κ3) is 3.56. The molecule has 25 heavy (non-hydrogen) atoms. The van der Waals surface area contributed by atoms with Crippen LogP contribution in [0.4, 0.5) is 0 Å². The summed E-state index contributed by atoms with van der Waals surface area (Å²) in [6, 6.07) is 14.0. The van der Waals surface area contributed by atoms with E-state index in [4.69, 9.17) is 11.6 Å². The van der Waals surface area contributed by atoms with Crippen molar-refractivity contribution in [3.63, 3.8) is 0 Å². The molecule has 5 nitrogen and oxygen atoms in total. The molecule has 0 spiro atoms. The van der Waals surface area contributed by atoms with Crippen molar-refractivity contribution in [1.82, 2.24) is 9.62 Å². The second kappa shape index (κ2) is 7.15. The summed E-state index contributed by atoms with van der Waals surface area (Å²) in [7, 11) is -2.31. The molecule has 0 aromatic heterocycles. The lowest BCUT2D eigenvalue weighted by molar-refractivity contribution is 0.0735. The van der Waals surface area contributed by atoms with Crippen LogP contribution >= 0.6 is 11.6 Å². The monoisotopic (exact) mass is 378 g/mol. The van der Waals surface area contributed by atoms with Crippen LogP contribution in [0.5, 0.6) is 0 Å². The third-order valence-corrected chi connectivity index (χ3v) is 6.19. The van der Waals surface area contributed by atoms with Crippen LogP contribution in [0.25, 0.3) is 0 Å². The van der Waals surface area contributed by atoms with Crippen LogP contribution in [0.3, 0.4) is 0 Å². The molecule has 1 N–H and O–H groups in total. The summed E-state index contributed by atoms with van der Waals surface area (Å²) in [5.74, 6) is -0.246. The van der Waals surface area contributed by atoms with Crippen molar-refractivity contribution in [3.8, 4) is 0 Å². The Hall–Kier alpha value is -1.89. The van der Waals surface area contributed by atoms with Crippen molar-refractivity contribution < 1.29 is 13.2 Å². The number of carbonyl (C=O) groups is 1. The number of sulfonamides is 1. The minimum Gasteiger partial charge on any atom is -0.332 e. The molecule has 1 unspecified atom stereocenters. The molecule has 1 amide bonds. The summed E-state index contributed by atoms with van der Waals surface area (Å²) in [6.07, 6.45) is 1.78. The number of carbonyl (C=O) groups excluding carboxylic acids is 1. The molecular weight excluding hydrogens is 360 g/mol. The molecule has 1 aliphatic rings. The van der Waals surface area contributed by atoms with Gasteiger partial charge in [0.15, 0.2) is 0 Å². The minimum absolute atomic E-state index is 0.0191. The van der Waals surface area contributed by atoms with Gasteiger partial charge in [0.2, 0.25) is 10.0 Å². The van der Waals surface area contributed by atoms with Gasteiger partial charge < -0.3 is 4.90 Å². The van der Waals surface area contributed by atoms with E-state index in [1.165, 1.54) is 25.2 Å². The molecule has 0 bridgehead atoms. The van der Waals surface area contributed by atoms with E-state index in [0.29, 0.717) is 6.54 Å². The smallest absolute Gasteiger partial charge is 0.255 e. The van der Waals surface area contributed by atoms with Crippen molar-refractivity contribution in [2.45, 2.75) is 23.8 Å². The van der Waals surface area contributed by atoms with Gasteiger partial charge in [0.1, 0.15) is 0 Å². The number of halogens is 1. The van der Waals surface area contributed by atoms with Gasteiger partial charge in [-0.25, -0.2) is 13.1 Å². The highest BCUT2D eigenvalue weighted by Crippen LogP contribution is 2.34. The van der Waals surface area contributed by atoms with E-state index in [9.17, 15) is 13.2 Å². The topological polar surface area (TPSA) is 66.5 Å². The molecular formula is C18H19ClN2O3S. The highest BCUT2D eigenvalue weighted by atomic mass is 35.5. The van der Waals surface area contributed by atoms with Crippen LogP contribution < -0.4 is 4.72 Å². The average Bonchev–Trinajstić information content (AvgIpc) is 3.12. The van der Waals surface area contributed by atoms with Gasteiger partial charge in [0, 0.05) is 6.54 Å². The predicted molar refractivity (Wildman–Crippen MR) is 97.2 cm³/mol. The molecule has 1 fully saturated rings. The number of hydrogen-bond acceptors (Lipinski definition) is 3. The van der Waals surface area contributed by atoms with Gasteiger partial charge in [-0.2, -0.15) is 0 Å². The van der Waals surface area contributed by atoms with Crippen LogP contribution in [0.2, 0.25) is 5.02 Å². The van der Waals surface area contributed by atoms with E-state index >= 15 is 0 Å². The first kappa shape index (κ1) is 17.9. The molecule has 1 heterocycles. The number of hydrogen-bond donors (Lipinski definition) is 1. The number of amides is 1. The van der Waals surface area contributed by atoms with Crippen LogP contribution in [-0.2, 0) is 10.0 Å². The Labute approximate surface area is 152 Å². The van der Waals surface area contributed by atoms with E-state index in [2.05, 4.69) is 4.72 Å². The maximum absolute atomic E-state index is 13.0. The highest BCUT2D eigenvalue weighted by Gasteiger charge is 2.32. The van der Waals surface area contributed by atoms with Crippen molar-refractivity contribution in [3.05, 3.63) is 64.7 Å². The third-order valence-electron chi connectivity index (χ3n) is 4.45. The van der Waals surface area contributed by atoms with Gasteiger partial charge in [-0.3, -0.25) is 4.79 Å². The second-order valence-corrected chi connectivity index (χ2v) is 8.21. The first-order valence-electron chi connectivity index (χ1n) is 8.03. The molecule has 2 aromatic carbocycles. The van der Waals surface area contributed by atoms with E-state index in [1.807, 2.05) is 30.3 Å². The fourth-order valence-electron chi connectivity index (χ4n) is 3.14. The van der Waals surface area contributed by atoms with Crippen LogP contribution in [0, 0.1) is 0 Å². The summed E-state index contributed by atoms with van der Waals surface area (Å²) in [5, 5.41) is 0.249. The number of rotatable bonds is 4. The fourth-order valence-corrected chi connectivity index (χ4v) is 4.09. The molecule has 0 radical (unpaired) electrons. The zero-order chi connectivity index (χ0) is 18.0. The molecule has 0 aliphatic carbocycles. The quantitative estimate of drug-likeness (QED) is 0.888. The Morgan fingerprint density at radius 3 is 2.60 bits per heavy atom. The summed E-state index contributed by atoms with van der Waals surface area (Å²) < 4.78 is 26.3. The first-order chi connectivity index (χ1) is 11.9. The van der Waals surface area contributed by atoms with Crippen LogP contribution in [-0.4, -0.2) is 32.8 Å². The van der Waals surface area contributed by atoms with Crippen molar-refractivity contribution >= 4 is 27.5 Å². The van der Waals surface area contributed by atoms with E-state index in [1.54, 1.807) is 4.90 Å². The van der Waals surface area contributed by atoms with Crippen LogP contribution in [0.1, 0.15) is 34.8 Å². The summed E-state index contributed by atoms with van der Waals surface area (Å²) in [6.45, 7) is 0.623. The Morgan fingerprint density at radius 1 is 1.20 bits per heavy atom. The Balaban J connectivity index is 1.96. The molecule has 7 heteroatoms. The van der Waals surface area contributed by atoms with Gasteiger partial charge in [0.05, 0.1) is 21.5 Å². The zero-order valence-electron chi connectivity index (χ0n) is 13.8. The summed E-state index contributed by atoms with van der Waals surface area (Å²) in [5.41, 5.74) is 1.28. The number of nitrogens with zero attached hydrogens (tertiary/aromatic N) is 1. The average molecular weight is 379 g/mol. The standard InChI is InChI=1S/C18H19ClN2O3S/c1-20-25(23,24)14-9-10-16(19)15(12-14)18(22)21-11-5-8-17(21)13-6-3-2-4-7-13/h2-4,6-7,9-10,12,17,20H,5,8,11H2,1H3. The lowest BCUT2D eigenvalue weighted by Crippen LogP contribution is -2.31. The normalized spacial score (nSPS) is 17.7. The highest BCUT2D eigenvalue weighted by molar-refractivity contribution is 7.89. The van der Waals surface area contributed by atoms with Gasteiger partial charge in [0.25, 0.3) is 5.91 Å². The molecule has 1 saturated heterocycles. The molecule has 0 saturated carbocycles. The van der Waals surface area contributed by atoms with E-state index < -0.39 is 10.0 Å². The van der Waals surface area contributed by atoms with Crippen LogP contribution in [0.15, 0.2) is 53.4 Å². The number of likely N-dealkylation sites (tertiary alicyclic amines) is 1. The Kier molecular flexibility index (Phi) is 5.13. The first-order valence-corrected chi connectivity index (χ1v) is 9.89.